The lowest BCUT2D eigenvalue weighted by atomic mass is 10.0. The van der Waals surface area contributed by atoms with E-state index in [1.165, 1.54) is 4.68 Å². The van der Waals surface area contributed by atoms with Crippen molar-refractivity contribution >= 4 is 5.95 Å². The van der Waals surface area contributed by atoms with Gasteiger partial charge in [0.15, 0.2) is 0 Å². The molecule has 4 heterocycles. The second-order valence-corrected chi connectivity index (χ2v) is 6.15. The Morgan fingerprint density at radius 1 is 1.19 bits per heavy atom. The third-order valence-electron chi connectivity index (χ3n) is 4.32. The molecule has 0 aliphatic carbocycles. The number of hydrogen-bond acceptors (Lipinski definition) is 7. The van der Waals surface area contributed by atoms with Gasteiger partial charge in [-0.05, 0) is 18.2 Å². The fourth-order valence-corrected chi connectivity index (χ4v) is 2.94. The Hall–Kier alpha value is -3.29. The second-order valence-electron chi connectivity index (χ2n) is 6.15. The molecule has 26 heavy (non-hydrogen) atoms. The fraction of sp³-hybridized carbons (Fsp3) is 0.278. The lowest BCUT2D eigenvalue weighted by Crippen LogP contribution is -2.50. The normalized spacial score (nSPS) is 14.1. The van der Waals surface area contributed by atoms with Crippen LogP contribution in [0.5, 0.6) is 5.88 Å². The van der Waals surface area contributed by atoms with Crippen LogP contribution in [-0.4, -0.2) is 44.9 Å². The first-order valence-electron chi connectivity index (χ1n) is 8.33. The predicted octanol–water partition coefficient (Wildman–Crippen LogP) is 1.24. The average molecular weight is 350 g/mol. The van der Waals surface area contributed by atoms with Crippen LogP contribution in [0, 0.1) is 5.92 Å². The summed E-state index contributed by atoms with van der Waals surface area (Å²) in [6.45, 7) is 2.12. The Labute approximate surface area is 150 Å². The molecular weight excluding hydrogens is 332 g/mol. The quantitative estimate of drug-likeness (QED) is 0.684. The third-order valence-corrected chi connectivity index (χ3v) is 4.32. The molecule has 0 unspecified atom stereocenters. The Kier molecular flexibility index (Phi) is 4.30. The van der Waals surface area contributed by atoms with Crippen LogP contribution in [0.15, 0.2) is 53.7 Å². The molecule has 132 valence electrons. The van der Waals surface area contributed by atoms with Crippen molar-refractivity contribution in [1.82, 2.24) is 24.7 Å². The number of hydrogen-bond donors (Lipinski definition) is 0. The highest BCUT2D eigenvalue weighted by Crippen LogP contribution is 2.23. The van der Waals surface area contributed by atoms with Crippen LogP contribution in [0.1, 0.15) is 0 Å². The van der Waals surface area contributed by atoms with E-state index in [9.17, 15) is 4.79 Å². The predicted molar refractivity (Wildman–Crippen MR) is 96.0 cm³/mol. The first-order valence-corrected chi connectivity index (χ1v) is 8.33. The van der Waals surface area contributed by atoms with Crippen LogP contribution in [-0.2, 0) is 6.54 Å². The molecule has 0 spiro atoms. The van der Waals surface area contributed by atoms with Gasteiger partial charge in [-0.25, -0.2) is 9.67 Å². The second kappa shape index (κ2) is 6.91. The van der Waals surface area contributed by atoms with Crippen molar-refractivity contribution in [1.29, 1.82) is 0 Å². The van der Waals surface area contributed by atoms with Gasteiger partial charge in [-0.15, -0.1) is 0 Å². The summed E-state index contributed by atoms with van der Waals surface area (Å²) < 4.78 is 6.65. The lowest BCUT2D eigenvalue weighted by molar-refractivity contribution is 0.329. The Morgan fingerprint density at radius 3 is 2.85 bits per heavy atom. The molecule has 0 bridgehead atoms. The number of aromatic nitrogens is 5. The number of rotatable bonds is 5. The first kappa shape index (κ1) is 16.2. The number of anilines is 1. The van der Waals surface area contributed by atoms with E-state index in [-0.39, 0.29) is 5.56 Å². The van der Waals surface area contributed by atoms with Gasteiger partial charge in [0.05, 0.1) is 19.3 Å². The van der Waals surface area contributed by atoms with Crippen molar-refractivity contribution in [3.8, 4) is 17.1 Å². The van der Waals surface area contributed by atoms with Gasteiger partial charge in [-0.3, -0.25) is 9.78 Å². The summed E-state index contributed by atoms with van der Waals surface area (Å²) in [4.78, 5) is 26.9. The van der Waals surface area contributed by atoms with Gasteiger partial charge >= 0.3 is 0 Å². The van der Waals surface area contributed by atoms with Crippen molar-refractivity contribution in [2.75, 3.05) is 25.1 Å². The highest BCUT2D eigenvalue weighted by atomic mass is 16.5. The van der Waals surface area contributed by atoms with Gasteiger partial charge in [-0.2, -0.15) is 10.1 Å². The minimum absolute atomic E-state index is 0.103. The molecule has 0 atom stereocenters. The molecule has 0 N–H and O–H groups in total. The van der Waals surface area contributed by atoms with E-state index >= 15 is 0 Å². The highest BCUT2D eigenvalue weighted by Gasteiger charge is 2.29. The fourth-order valence-electron chi connectivity index (χ4n) is 2.94. The molecule has 0 amide bonds. The summed E-state index contributed by atoms with van der Waals surface area (Å²) in [5, 5.41) is 4.48. The molecule has 3 aromatic heterocycles. The molecule has 3 aromatic rings. The van der Waals surface area contributed by atoms with Crippen molar-refractivity contribution in [2.45, 2.75) is 6.54 Å². The van der Waals surface area contributed by atoms with Crippen molar-refractivity contribution in [2.24, 2.45) is 5.92 Å². The van der Waals surface area contributed by atoms with Gasteiger partial charge in [0.1, 0.15) is 0 Å². The third kappa shape index (κ3) is 3.26. The smallest absolute Gasteiger partial charge is 0.266 e. The van der Waals surface area contributed by atoms with E-state index < -0.39 is 0 Å². The van der Waals surface area contributed by atoms with Gasteiger partial charge < -0.3 is 9.64 Å². The summed E-state index contributed by atoms with van der Waals surface area (Å²) >= 11 is 0. The number of pyridine rings is 1. The zero-order valence-electron chi connectivity index (χ0n) is 14.3. The maximum absolute atomic E-state index is 12.1. The molecule has 8 nitrogen and oxygen atoms in total. The summed E-state index contributed by atoms with van der Waals surface area (Å²) in [6, 6.07) is 8.78. The largest absolute Gasteiger partial charge is 0.481 e. The lowest BCUT2D eigenvalue weighted by Gasteiger charge is -2.39. The average Bonchev–Trinajstić information content (AvgIpc) is 2.66. The van der Waals surface area contributed by atoms with Gasteiger partial charge in [0, 0.05) is 55.3 Å². The molecule has 8 heteroatoms. The van der Waals surface area contributed by atoms with Gasteiger partial charge in [0.2, 0.25) is 11.8 Å². The van der Waals surface area contributed by atoms with Crippen molar-refractivity contribution in [3.05, 3.63) is 59.3 Å². The number of methoxy groups -OCH3 is 1. The summed E-state index contributed by atoms with van der Waals surface area (Å²) in [6.07, 6.45) is 5.13. The zero-order valence-corrected chi connectivity index (χ0v) is 14.3. The van der Waals surface area contributed by atoms with E-state index in [1.54, 1.807) is 43.9 Å². The molecule has 0 aromatic carbocycles. The molecule has 1 saturated heterocycles. The maximum Gasteiger partial charge on any atom is 0.266 e. The summed E-state index contributed by atoms with van der Waals surface area (Å²) in [5.41, 5.74) is 1.53. The van der Waals surface area contributed by atoms with Gasteiger partial charge in [0.25, 0.3) is 5.56 Å². The number of ether oxygens (including phenoxy) is 1. The van der Waals surface area contributed by atoms with Gasteiger partial charge in [-0.1, -0.05) is 0 Å². The Morgan fingerprint density at radius 2 is 2.08 bits per heavy atom. The van der Waals surface area contributed by atoms with Crippen LogP contribution in [0.25, 0.3) is 11.3 Å². The SMILES string of the molecule is COc1ccnc(N2CC(Cn3nc(-c4cccnc4)ccc3=O)C2)n1. The molecular formula is C18H18N6O2. The topological polar surface area (TPSA) is 86.0 Å². The van der Waals surface area contributed by atoms with Crippen LogP contribution < -0.4 is 15.2 Å². The van der Waals surface area contributed by atoms with Crippen molar-refractivity contribution < 1.29 is 4.74 Å². The minimum atomic E-state index is -0.103. The summed E-state index contributed by atoms with van der Waals surface area (Å²) in [7, 11) is 1.58. The van der Waals surface area contributed by atoms with E-state index in [0.717, 1.165) is 24.3 Å². The van der Waals surface area contributed by atoms with E-state index in [1.807, 2.05) is 12.1 Å². The molecule has 1 fully saturated rings. The first-order chi connectivity index (χ1) is 12.7. The molecule has 4 rings (SSSR count). The molecule has 1 aliphatic rings. The van der Waals surface area contributed by atoms with Crippen molar-refractivity contribution in [3.63, 3.8) is 0 Å². The minimum Gasteiger partial charge on any atom is -0.481 e. The standard InChI is InChI=1S/C18H18N6O2/c1-26-16-6-8-20-18(21-16)23-10-13(11-23)12-24-17(25)5-4-15(22-24)14-3-2-7-19-9-14/h2-9,13H,10-12H2,1H3. The zero-order chi connectivity index (χ0) is 17.9. The maximum atomic E-state index is 12.1. The van der Waals surface area contributed by atoms with E-state index in [0.29, 0.717) is 24.3 Å². The highest BCUT2D eigenvalue weighted by molar-refractivity contribution is 5.56. The molecule has 1 aliphatic heterocycles. The number of nitrogens with zero attached hydrogens (tertiary/aromatic N) is 6. The van der Waals surface area contributed by atoms with Crippen LogP contribution in [0.2, 0.25) is 0 Å². The monoisotopic (exact) mass is 350 g/mol. The van der Waals surface area contributed by atoms with Crippen LogP contribution in [0.3, 0.4) is 0 Å². The van der Waals surface area contributed by atoms with E-state index in [4.69, 9.17) is 4.74 Å². The van der Waals surface area contributed by atoms with Crippen LogP contribution in [0.4, 0.5) is 5.95 Å². The molecule has 0 saturated carbocycles. The van der Waals surface area contributed by atoms with Crippen LogP contribution >= 0.6 is 0 Å². The Balaban J connectivity index is 1.45. The Bertz CT molecular complexity index is 953. The van der Waals surface area contributed by atoms with E-state index in [2.05, 4.69) is 25.0 Å². The summed E-state index contributed by atoms with van der Waals surface area (Å²) in [5.74, 6) is 1.50. The molecule has 0 radical (unpaired) electrons.